The molecule has 1 aromatic heterocycles. The van der Waals surface area contributed by atoms with Crippen molar-refractivity contribution < 1.29 is 0 Å². The summed E-state index contributed by atoms with van der Waals surface area (Å²) in [4.78, 5) is 8.06. The molecule has 104 valence electrons. The Morgan fingerprint density at radius 2 is 2.05 bits per heavy atom. The Balaban J connectivity index is 2.25. The van der Waals surface area contributed by atoms with E-state index in [0.29, 0.717) is 12.5 Å². The largest absolute Gasteiger partial charge is 0.342 e. The van der Waals surface area contributed by atoms with Crippen LogP contribution in [0.4, 0.5) is 0 Å². The van der Waals surface area contributed by atoms with Gasteiger partial charge in [-0.15, -0.1) is 0 Å². The number of benzene rings is 1. The predicted octanol–water partition coefficient (Wildman–Crippen LogP) is 3.29. The van der Waals surface area contributed by atoms with Crippen molar-refractivity contribution in [2.45, 2.75) is 40.5 Å². The summed E-state index contributed by atoms with van der Waals surface area (Å²) in [6, 6.07) is 6.49. The van der Waals surface area contributed by atoms with E-state index >= 15 is 0 Å². The van der Waals surface area contributed by atoms with Gasteiger partial charge in [0.25, 0.3) is 0 Å². The van der Waals surface area contributed by atoms with Crippen molar-refractivity contribution in [1.82, 2.24) is 9.97 Å². The van der Waals surface area contributed by atoms with Crippen molar-refractivity contribution in [2.75, 3.05) is 6.54 Å². The summed E-state index contributed by atoms with van der Waals surface area (Å²) in [5, 5.41) is 0. The maximum atomic E-state index is 5.81. The molecule has 19 heavy (non-hydrogen) atoms. The molecule has 0 saturated heterocycles. The van der Waals surface area contributed by atoms with Crippen LogP contribution in [0.3, 0.4) is 0 Å². The third-order valence-electron chi connectivity index (χ3n) is 3.43. The van der Waals surface area contributed by atoms with E-state index in [1.807, 2.05) is 0 Å². The molecule has 0 amide bonds. The SMILES string of the molecule is CC(C)Cc1nc2ccc(CC(C)(C)CN)cc2[nH]1. The van der Waals surface area contributed by atoms with E-state index in [2.05, 4.69) is 55.9 Å². The summed E-state index contributed by atoms with van der Waals surface area (Å²) in [7, 11) is 0. The number of imidazole rings is 1. The molecule has 3 nitrogen and oxygen atoms in total. The fourth-order valence-electron chi connectivity index (χ4n) is 2.33. The Morgan fingerprint density at radius 3 is 2.68 bits per heavy atom. The first-order valence-corrected chi connectivity index (χ1v) is 7.07. The van der Waals surface area contributed by atoms with Crippen LogP contribution in [0.1, 0.15) is 39.1 Å². The highest BCUT2D eigenvalue weighted by Crippen LogP contribution is 2.23. The van der Waals surface area contributed by atoms with Gasteiger partial charge in [-0.3, -0.25) is 0 Å². The molecule has 0 radical (unpaired) electrons. The molecule has 0 bridgehead atoms. The van der Waals surface area contributed by atoms with Crippen molar-refractivity contribution in [3.63, 3.8) is 0 Å². The predicted molar refractivity (Wildman–Crippen MR) is 81.2 cm³/mol. The Kier molecular flexibility index (Phi) is 3.95. The number of hydrogen-bond acceptors (Lipinski definition) is 2. The fraction of sp³-hybridized carbons (Fsp3) is 0.562. The van der Waals surface area contributed by atoms with Gasteiger partial charge in [-0.2, -0.15) is 0 Å². The molecule has 3 N–H and O–H groups in total. The summed E-state index contributed by atoms with van der Waals surface area (Å²) in [5.74, 6) is 1.71. The Bertz CT molecular complexity index is 552. The second-order valence-corrected chi connectivity index (χ2v) is 6.68. The van der Waals surface area contributed by atoms with E-state index in [0.717, 1.165) is 29.7 Å². The first kappa shape index (κ1) is 14.1. The van der Waals surface area contributed by atoms with Gasteiger partial charge >= 0.3 is 0 Å². The van der Waals surface area contributed by atoms with Crippen LogP contribution in [0.25, 0.3) is 11.0 Å². The normalized spacial score (nSPS) is 12.5. The number of nitrogens with two attached hydrogens (primary N) is 1. The third kappa shape index (κ3) is 3.57. The second kappa shape index (κ2) is 5.33. The summed E-state index contributed by atoms with van der Waals surface area (Å²) < 4.78 is 0. The van der Waals surface area contributed by atoms with Crippen LogP contribution >= 0.6 is 0 Å². The van der Waals surface area contributed by atoms with Gasteiger partial charge in [-0.25, -0.2) is 4.98 Å². The van der Waals surface area contributed by atoms with E-state index < -0.39 is 0 Å². The Hall–Kier alpha value is -1.35. The summed E-state index contributed by atoms with van der Waals surface area (Å²) in [6.07, 6.45) is 2.00. The number of hydrogen-bond donors (Lipinski definition) is 2. The molecule has 0 atom stereocenters. The quantitative estimate of drug-likeness (QED) is 0.865. The standard InChI is InChI=1S/C16H25N3/c1-11(2)7-15-18-13-6-5-12(8-14(13)19-15)9-16(3,4)10-17/h5-6,8,11H,7,9-10,17H2,1-4H3,(H,18,19). The minimum Gasteiger partial charge on any atom is -0.342 e. The van der Waals surface area contributed by atoms with Crippen molar-refractivity contribution in [3.05, 3.63) is 29.6 Å². The number of fused-ring (bicyclic) bond motifs is 1. The molecular formula is C16H25N3. The lowest BCUT2D eigenvalue weighted by atomic mass is 9.86. The molecule has 0 spiro atoms. The van der Waals surface area contributed by atoms with E-state index in [4.69, 9.17) is 5.73 Å². The Morgan fingerprint density at radius 1 is 1.32 bits per heavy atom. The molecule has 3 heteroatoms. The van der Waals surface area contributed by atoms with Gasteiger partial charge < -0.3 is 10.7 Å². The number of rotatable bonds is 5. The molecular weight excluding hydrogens is 234 g/mol. The number of H-pyrrole nitrogens is 1. The molecule has 0 aliphatic rings. The lowest BCUT2D eigenvalue weighted by Crippen LogP contribution is -2.25. The molecule has 2 aromatic rings. The van der Waals surface area contributed by atoms with Gasteiger partial charge in [0, 0.05) is 6.42 Å². The number of nitrogens with one attached hydrogen (secondary N) is 1. The van der Waals surface area contributed by atoms with E-state index in [1.54, 1.807) is 0 Å². The van der Waals surface area contributed by atoms with Crippen molar-refractivity contribution in [3.8, 4) is 0 Å². The number of nitrogens with zero attached hydrogens (tertiary/aromatic N) is 1. The van der Waals surface area contributed by atoms with Gasteiger partial charge in [0.2, 0.25) is 0 Å². The smallest absolute Gasteiger partial charge is 0.107 e. The van der Waals surface area contributed by atoms with Crippen LogP contribution in [0.2, 0.25) is 0 Å². The zero-order valence-corrected chi connectivity index (χ0v) is 12.5. The van der Waals surface area contributed by atoms with E-state index in [1.165, 1.54) is 5.56 Å². The van der Waals surface area contributed by atoms with Gasteiger partial charge in [-0.05, 0) is 42.0 Å². The molecule has 0 aliphatic carbocycles. The number of aromatic amines is 1. The first-order chi connectivity index (χ1) is 8.89. The average molecular weight is 259 g/mol. The number of aromatic nitrogens is 2. The lowest BCUT2D eigenvalue weighted by Gasteiger charge is -2.22. The van der Waals surface area contributed by atoms with Crippen LogP contribution in [0.5, 0.6) is 0 Å². The molecule has 2 rings (SSSR count). The van der Waals surface area contributed by atoms with Gasteiger partial charge in [0.05, 0.1) is 11.0 Å². The van der Waals surface area contributed by atoms with Crippen LogP contribution < -0.4 is 5.73 Å². The molecule has 0 saturated carbocycles. The van der Waals surface area contributed by atoms with Gasteiger partial charge in [0.15, 0.2) is 0 Å². The monoisotopic (exact) mass is 259 g/mol. The highest BCUT2D eigenvalue weighted by Gasteiger charge is 2.16. The summed E-state index contributed by atoms with van der Waals surface area (Å²) in [6.45, 7) is 9.53. The van der Waals surface area contributed by atoms with Crippen molar-refractivity contribution in [2.24, 2.45) is 17.1 Å². The topological polar surface area (TPSA) is 54.7 Å². The summed E-state index contributed by atoms with van der Waals surface area (Å²) in [5.41, 5.74) is 9.47. The molecule has 0 aliphatic heterocycles. The summed E-state index contributed by atoms with van der Waals surface area (Å²) >= 11 is 0. The second-order valence-electron chi connectivity index (χ2n) is 6.68. The highest BCUT2D eigenvalue weighted by atomic mass is 14.9. The van der Waals surface area contributed by atoms with Crippen molar-refractivity contribution >= 4 is 11.0 Å². The maximum absolute atomic E-state index is 5.81. The third-order valence-corrected chi connectivity index (χ3v) is 3.43. The lowest BCUT2D eigenvalue weighted by molar-refractivity contribution is 0.377. The molecule has 1 aromatic carbocycles. The zero-order chi connectivity index (χ0) is 14.0. The Labute approximate surface area is 115 Å². The van der Waals surface area contributed by atoms with E-state index in [9.17, 15) is 0 Å². The maximum Gasteiger partial charge on any atom is 0.107 e. The van der Waals surface area contributed by atoms with Gasteiger partial charge in [0.1, 0.15) is 5.82 Å². The van der Waals surface area contributed by atoms with Crippen molar-refractivity contribution in [1.29, 1.82) is 0 Å². The molecule has 0 fully saturated rings. The minimum absolute atomic E-state index is 0.147. The average Bonchev–Trinajstić information content (AvgIpc) is 2.69. The minimum atomic E-state index is 0.147. The highest BCUT2D eigenvalue weighted by molar-refractivity contribution is 5.75. The van der Waals surface area contributed by atoms with Crippen LogP contribution in [0, 0.1) is 11.3 Å². The van der Waals surface area contributed by atoms with E-state index in [-0.39, 0.29) is 5.41 Å². The van der Waals surface area contributed by atoms with Crippen LogP contribution in [-0.4, -0.2) is 16.5 Å². The zero-order valence-electron chi connectivity index (χ0n) is 12.5. The first-order valence-electron chi connectivity index (χ1n) is 7.07. The fourth-order valence-corrected chi connectivity index (χ4v) is 2.33. The molecule has 1 heterocycles. The van der Waals surface area contributed by atoms with Crippen LogP contribution in [-0.2, 0) is 12.8 Å². The van der Waals surface area contributed by atoms with Gasteiger partial charge in [-0.1, -0.05) is 33.8 Å². The van der Waals surface area contributed by atoms with Crippen LogP contribution in [0.15, 0.2) is 18.2 Å². The molecule has 0 unspecified atom stereocenters.